The van der Waals surface area contributed by atoms with Crippen molar-refractivity contribution in [2.45, 2.75) is 6.92 Å². The molecule has 1 aromatic heterocycles. The van der Waals surface area contributed by atoms with Crippen molar-refractivity contribution in [1.82, 2.24) is 9.78 Å². The topological polar surface area (TPSA) is 73.0 Å². The van der Waals surface area contributed by atoms with Crippen LogP contribution in [-0.2, 0) is 0 Å². The second-order valence-corrected chi connectivity index (χ2v) is 4.85. The molecule has 3 rings (SSSR count). The van der Waals surface area contributed by atoms with Gasteiger partial charge in [0.1, 0.15) is 5.82 Å². The van der Waals surface area contributed by atoms with Crippen molar-refractivity contribution in [3.05, 3.63) is 76.5 Å². The number of non-ortho nitro benzene ring substituents is 1. The van der Waals surface area contributed by atoms with Gasteiger partial charge in [0.25, 0.3) is 5.69 Å². The number of hydrogen-bond acceptors (Lipinski definition) is 4. The normalized spacial score (nSPS) is 10.4. The van der Waals surface area contributed by atoms with Crippen LogP contribution in [0.5, 0.6) is 0 Å². The first-order chi connectivity index (χ1) is 10.6. The van der Waals surface area contributed by atoms with Gasteiger partial charge in [-0.3, -0.25) is 10.1 Å². The summed E-state index contributed by atoms with van der Waals surface area (Å²) in [6.45, 7) is 1.90. The molecule has 0 fully saturated rings. The third-order valence-electron chi connectivity index (χ3n) is 3.18. The third-order valence-corrected chi connectivity index (χ3v) is 3.18. The molecule has 3 aromatic rings. The molecule has 110 valence electrons. The summed E-state index contributed by atoms with van der Waals surface area (Å²) in [5.41, 5.74) is 2.63. The molecule has 2 aromatic carbocycles. The second-order valence-electron chi connectivity index (χ2n) is 4.85. The van der Waals surface area contributed by atoms with Crippen LogP contribution in [0.3, 0.4) is 0 Å². The van der Waals surface area contributed by atoms with Crippen LogP contribution in [0.2, 0.25) is 0 Å². The molecule has 0 unspecified atom stereocenters. The van der Waals surface area contributed by atoms with Crippen LogP contribution >= 0.6 is 0 Å². The van der Waals surface area contributed by atoms with Gasteiger partial charge >= 0.3 is 0 Å². The van der Waals surface area contributed by atoms with Gasteiger partial charge in [0.15, 0.2) is 0 Å². The van der Waals surface area contributed by atoms with Crippen LogP contribution in [0.15, 0.2) is 60.7 Å². The summed E-state index contributed by atoms with van der Waals surface area (Å²) in [5, 5.41) is 18.5. The van der Waals surface area contributed by atoms with Crippen molar-refractivity contribution in [2.75, 3.05) is 5.32 Å². The highest BCUT2D eigenvalue weighted by atomic mass is 16.6. The van der Waals surface area contributed by atoms with E-state index in [2.05, 4.69) is 10.4 Å². The SMILES string of the molecule is Cc1cc(Nc2ccccc2)n(-c2ccc([N+](=O)[O-])cc2)n1. The van der Waals surface area contributed by atoms with Gasteiger partial charge < -0.3 is 5.32 Å². The lowest BCUT2D eigenvalue weighted by molar-refractivity contribution is -0.384. The Morgan fingerprint density at radius 2 is 1.77 bits per heavy atom. The van der Waals surface area contributed by atoms with Crippen LogP contribution in [-0.4, -0.2) is 14.7 Å². The quantitative estimate of drug-likeness (QED) is 0.586. The first kappa shape index (κ1) is 13.8. The Bertz CT molecular complexity index is 795. The molecule has 0 atom stereocenters. The maximum atomic E-state index is 10.7. The van der Waals surface area contributed by atoms with Crippen molar-refractivity contribution in [1.29, 1.82) is 0 Å². The van der Waals surface area contributed by atoms with E-state index in [4.69, 9.17) is 0 Å². The fourth-order valence-electron chi connectivity index (χ4n) is 2.17. The van der Waals surface area contributed by atoms with Gasteiger partial charge in [-0.15, -0.1) is 0 Å². The average molecular weight is 294 g/mol. The minimum absolute atomic E-state index is 0.0604. The maximum absolute atomic E-state index is 10.7. The predicted octanol–water partition coefficient (Wildman–Crippen LogP) is 3.83. The lowest BCUT2D eigenvalue weighted by atomic mass is 10.3. The van der Waals surface area contributed by atoms with Crippen molar-refractivity contribution >= 4 is 17.2 Å². The first-order valence-corrected chi connectivity index (χ1v) is 6.77. The molecule has 0 bridgehead atoms. The van der Waals surface area contributed by atoms with Crippen LogP contribution in [0.25, 0.3) is 5.69 Å². The summed E-state index contributed by atoms with van der Waals surface area (Å²) in [6, 6.07) is 18.0. The Kier molecular flexibility index (Phi) is 3.57. The summed E-state index contributed by atoms with van der Waals surface area (Å²) in [4.78, 5) is 10.3. The van der Waals surface area contributed by atoms with Crippen LogP contribution in [0.1, 0.15) is 5.69 Å². The molecule has 0 amide bonds. The van der Waals surface area contributed by atoms with Crippen LogP contribution in [0, 0.1) is 17.0 Å². The van der Waals surface area contributed by atoms with Crippen molar-refractivity contribution < 1.29 is 4.92 Å². The number of para-hydroxylation sites is 1. The number of nitro groups is 1. The summed E-state index contributed by atoms with van der Waals surface area (Å²) in [7, 11) is 0. The van der Waals surface area contributed by atoms with Crippen molar-refractivity contribution in [3.63, 3.8) is 0 Å². The molecule has 22 heavy (non-hydrogen) atoms. The zero-order valence-corrected chi connectivity index (χ0v) is 11.9. The molecule has 0 aliphatic heterocycles. The Labute approximate surface area is 127 Å². The zero-order chi connectivity index (χ0) is 15.5. The van der Waals surface area contributed by atoms with Crippen molar-refractivity contribution in [2.24, 2.45) is 0 Å². The summed E-state index contributed by atoms with van der Waals surface area (Å²) in [6.07, 6.45) is 0. The molecule has 0 aliphatic rings. The molecule has 0 aliphatic carbocycles. The van der Waals surface area contributed by atoms with E-state index in [1.165, 1.54) is 12.1 Å². The number of nitrogens with one attached hydrogen (secondary N) is 1. The Hall–Kier alpha value is -3.15. The highest BCUT2D eigenvalue weighted by Gasteiger charge is 2.10. The second kappa shape index (κ2) is 5.69. The Balaban J connectivity index is 1.95. The van der Waals surface area contributed by atoms with E-state index >= 15 is 0 Å². The van der Waals surface area contributed by atoms with E-state index in [1.807, 2.05) is 43.3 Å². The first-order valence-electron chi connectivity index (χ1n) is 6.77. The standard InChI is InChI=1S/C16H14N4O2/c1-12-11-16(17-13-5-3-2-4-6-13)19(18-12)14-7-9-15(10-8-14)20(21)22/h2-11,17H,1H3. The van der Waals surface area contributed by atoms with Gasteiger partial charge in [0, 0.05) is 23.9 Å². The molecular formula is C16H14N4O2. The van der Waals surface area contributed by atoms with E-state index in [1.54, 1.807) is 16.8 Å². The zero-order valence-electron chi connectivity index (χ0n) is 11.9. The van der Waals surface area contributed by atoms with Gasteiger partial charge in [-0.2, -0.15) is 5.10 Å². The summed E-state index contributed by atoms with van der Waals surface area (Å²) in [5.74, 6) is 0.803. The predicted molar refractivity (Wildman–Crippen MR) is 84.7 cm³/mol. The van der Waals surface area contributed by atoms with Gasteiger partial charge in [0.05, 0.1) is 16.3 Å². The number of nitrogens with zero attached hydrogens (tertiary/aromatic N) is 3. The number of benzene rings is 2. The number of rotatable bonds is 4. The molecule has 0 saturated heterocycles. The van der Waals surface area contributed by atoms with E-state index in [0.29, 0.717) is 0 Å². The summed E-state index contributed by atoms with van der Waals surface area (Å²) < 4.78 is 1.73. The Morgan fingerprint density at radius 3 is 2.41 bits per heavy atom. The largest absolute Gasteiger partial charge is 0.340 e. The van der Waals surface area contributed by atoms with Gasteiger partial charge in [-0.25, -0.2) is 4.68 Å². The minimum Gasteiger partial charge on any atom is -0.340 e. The lowest BCUT2D eigenvalue weighted by Gasteiger charge is -2.09. The van der Waals surface area contributed by atoms with Crippen molar-refractivity contribution in [3.8, 4) is 5.69 Å². The highest BCUT2D eigenvalue weighted by molar-refractivity contribution is 5.59. The minimum atomic E-state index is -0.415. The van der Waals surface area contributed by atoms with Gasteiger partial charge in [0.2, 0.25) is 0 Å². The third kappa shape index (κ3) is 2.80. The molecule has 1 heterocycles. The molecule has 6 nitrogen and oxygen atoms in total. The number of hydrogen-bond donors (Lipinski definition) is 1. The number of anilines is 2. The molecule has 0 saturated carbocycles. The fourth-order valence-corrected chi connectivity index (χ4v) is 2.17. The highest BCUT2D eigenvalue weighted by Crippen LogP contribution is 2.22. The number of aromatic nitrogens is 2. The smallest absolute Gasteiger partial charge is 0.269 e. The maximum Gasteiger partial charge on any atom is 0.269 e. The molecule has 6 heteroatoms. The molecule has 0 radical (unpaired) electrons. The lowest BCUT2D eigenvalue weighted by Crippen LogP contribution is -2.02. The van der Waals surface area contributed by atoms with E-state index < -0.39 is 4.92 Å². The molecule has 1 N–H and O–H groups in total. The molecular weight excluding hydrogens is 280 g/mol. The number of aryl methyl sites for hydroxylation is 1. The fraction of sp³-hybridized carbons (Fsp3) is 0.0625. The van der Waals surface area contributed by atoms with Gasteiger partial charge in [-0.05, 0) is 31.2 Å². The average Bonchev–Trinajstić information content (AvgIpc) is 2.89. The Morgan fingerprint density at radius 1 is 1.09 bits per heavy atom. The summed E-state index contributed by atoms with van der Waals surface area (Å²) >= 11 is 0. The van der Waals surface area contributed by atoms with E-state index in [0.717, 1.165) is 22.9 Å². The van der Waals surface area contributed by atoms with E-state index in [-0.39, 0.29) is 5.69 Å². The van der Waals surface area contributed by atoms with Crippen LogP contribution in [0.4, 0.5) is 17.2 Å². The van der Waals surface area contributed by atoms with E-state index in [9.17, 15) is 10.1 Å². The van der Waals surface area contributed by atoms with Crippen LogP contribution < -0.4 is 5.32 Å². The monoisotopic (exact) mass is 294 g/mol. The number of nitro benzene ring substituents is 1. The molecule has 0 spiro atoms. The van der Waals surface area contributed by atoms with Gasteiger partial charge in [-0.1, -0.05) is 18.2 Å².